The Morgan fingerprint density at radius 3 is 2.30 bits per heavy atom. The number of hydrogen-bond acceptors (Lipinski definition) is 4. The van der Waals surface area contributed by atoms with E-state index in [4.69, 9.17) is 5.26 Å². The van der Waals surface area contributed by atoms with Crippen molar-refractivity contribution < 1.29 is 4.79 Å². The molecule has 0 bridgehead atoms. The average molecular weight is 320 g/mol. The van der Waals surface area contributed by atoms with Crippen LogP contribution >= 0.6 is 0 Å². The molecule has 0 aromatic carbocycles. The topological polar surface area (TPSA) is 68.2 Å². The molecule has 0 unspecified atom stereocenters. The maximum Gasteiger partial charge on any atom is 0.223 e. The second kappa shape index (κ2) is 7.19. The maximum atomic E-state index is 12.6. The Morgan fingerprint density at radius 1 is 1.22 bits per heavy atom. The van der Waals surface area contributed by atoms with Gasteiger partial charge in [-0.3, -0.25) is 4.79 Å². The van der Waals surface area contributed by atoms with Gasteiger partial charge < -0.3 is 15.5 Å². The molecular formula is C18H32N4O. The summed E-state index contributed by atoms with van der Waals surface area (Å²) in [6, 6.07) is 2.45. The van der Waals surface area contributed by atoms with Crippen molar-refractivity contribution in [2.24, 2.45) is 5.92 Å². The van der Waals surface area contributed by atoms with Crippen molar-refractivity contribution in [3.63, 3.8) is 0 Å². The van der Waals surface area contributed by atoms with Gasteiger partial charge in [0.05, 0.1) is 6.07 Å². The SMILES string of the molecule is CC1(C)CC(NC(=O)C2CCN(CCC#N)CC2)CC(C)(C)N1. The molecule has 130 valence electrons. The number of nitriles is 1. The minimum absolute atomic E-state index is 0.0559. The van der Waals surface area contributed by atoms with Crippen LogP contribution in [0.25, 0.3) is 0 Å². The van der Waals surface area contributed by atoms with Crippen molar-refractivity contribution in [3.8, 4) is 6.07 Å². The number of likely N-dealkylation sites (tertiary alicyclic amines) is 1. The minimum Gasteiger partial charge on any atom is -0.353 e. The summed E-state index contributed by atoms with van der Waals surface area (Å²) in [4.78, 5) is 14.9. The molecule has 0 saturated carbocycles. The molecule has 1 amide bonds. The summed E-state index contributed by atoms with van der Waals surface area (Å²) < 4.78 is 0. The number of amides is 1. The maximum absolute atomic E-state index is 12.6. The van der Waals surface area contributed by atoms with Gasteiger partial charge in [0.2, 0.25) is 5.91 Å². The second-order valence-electron chi connectivity index (χ2n) is 8.53. The highest BCUT2D eigenvalue weighted by atomic mass is 16.2. The average Bonchev–Trinajstić information content (AvgIpc) is 2.42. The zero-order valence-corrected chi connectivity index (χ0v) is 15.1. The molecule has 2 fully saturated rings. The number of rotatable bonds is 4. The van der Waals surface area contributed by atoms with E-state index in [1.807, 2.05) is 0 Å². The van der Waals surface area contributed by atoms with Crippen molar-refractivity contribution >= 4 is 5.91 Å². The molecule has 23 heavy (non-hydrogen) atoms. The van der Waals surface area contributed by atoms with E-state index in [1.165, 1.54) is 0 Å². The monoisotopic (exact) mass is 320 g/mol. The summed E-state index contributed by atoms with van der Waals surface area (Å²) in [5, 5.41) is 15.6. The minimum atomic E-state index is 0.0559. The van der Waals surface area contributed by atoms with Crippen LogP contribution in [0.3, 0.4) is 0 Å². The Balaban J connectivity index is 1.82. The summed E-state index contributed by atoms with van der Waals surface area (Å²) in [7, 11) is 0. The van der Waals surface area contributed by atoms with Gasteiger partial charge in [0.15, 0.2) is 0 Å². The van der Waals surface area contributed by atoms with Crippen LogP contribution in [0.1, 0.15) is 59.8 Å². The Morgan fingerprint density at radius 2 is 1.78 bits per heavy atom. The van der Waals surface area contributed by atoms with Crippen LogP contribution in [-0.2, 0) is 4.79 Å². The zero-order valence-electron chi connectivity index (χ0n) is 15.1. The van der Waals surface area contributed by atoms with Gasteiger partial charge in [-0.25, -0.2) is 0 Å². The van der Waals surface area contributed by atoms with Crippen LogP contribution in [-0.4, -0.2) is 47.6 Å². The normalized spacial score (nSPS) is 25.7. The lowest BCUT2D eigenvalue weighted by Crippen LogP contribution is -2.62. The van der Waals surface area contributed by atoms with Crippen LogP contribution in [0.2, 0.25) is 0 Å². The fraction of sp³-hybridized carbons (Fsp3) is 0.889. The lowest BCUT2D eigenvalue weighted by molar-refractivity contribution is -0.127. The summed E-state index contributed by atoms with van der Waals surface area (Å²) >= 11 is 0. The van der Waals surface area contributed by atoms with E-state index in [2.05, 4.69) is 49.3 Å². The molecule has 0 spiro atoms. The van der Waals surface area contributed by atoms with Crippen LogP contribution in [0.5, 0.6) is 0 Å². The Labute approximate surface area is 140 Å². The van der Waals surface area contributed by atoms with Gasteiger partial charge in [0.1, 0.15) is 0 Å². The van der Waals surface area contributed by atoms with Crippen LogP contribution < -0.4 is 10.6 Å². The van der Waals surface area contributed by atoms with Gasteiger partial charge in [0.25, 0.3) is 0 Å². The number of carbonyl (C=O) groups is 1. The third-order valence-corrected chi connectivity index (χ3v) is 5.03. The molecule has 2 aliphatic heterocycles. The standard InChI is InChI=1S/C18H32N4O/c1-17(2)12-15(13-18(3,4)21-17)20-16(23)14-6-10-22(11-7-14)9-5-8-19/h14-15,21H,5-7,9-13H2,1-4H3,(H,20,23). The summed E-state index contributed by atoms with van der Waals surface area (Å²) in [6.45, 7) is 11.5. The number of hydrogen-bond donors (Lipinski definition) is 2. The van der Waals surface area contributed by atoms with Gasteiger partial charge in [0, 0.05) is 36.0 Å². The van der Waals surface area contributed by atoms with Crippen molar-refractivity contribution in [2.75, 3.05) is 19.6 Å². The molecular weight excluding hydrogens is 288 g/mol. The van der Waals surface area contributed by atoms with Gasteiger partial charge >= 0.3 is 0 Å². The first-order valence-corrected chi connectivity index (χ1v) is 8.90. The molecule has 2 saturated heterocycles. The Kier molecular flexibility index (Phi) is 5.70. The molecule has 0 radical (unpaired) electrons. The number of carbonyl (C=O) groups excluding carboxylic acids is 1. The van der Waals surface area contributed by atoms with Gasteiger partial charge in [-0.15, -0.1) is 0 Å². The Hall–Kier alpha value is -1.12. The fourth-order valence-electron chi connectivity index (χ4n) is 4.37. The highest BCUT2D eigenvalue weighted by molar-refractivity contribution is 5.79. The highest BCUT2D eigenvalue weighted by Gasteiger charge is 2.39. The Bertz CT molecular complexity index is 442. The third kappa shape index (κ3) is 5.47. The van der Waals surface area contributed by atoms with Crippen molar-refractivity contribution in [1.29, 1.82) is 5.26 Å². The molecule has 0 atom stereocenters. The lowest BCUT2D eigenvalue weighted by Gasteiger charge is -2.47. The quantitative estimate of drug-likeness (QED) is 0.832. The summed E-state index contributed by atoms with van der Waals surface area (Å²) in [5.74, 6) is 0.359. The van der Waals surface area contributed by atoms with Crippen LogP contribution in [0.15, 0.2) is 0 Å². The summed E-state index contributed by atoms with van der Waals surface area (Å²) in [6.07, 6.45) is 4.35. The smallest absolute Gasteiger partial charge is 0.223 e. The fourth-order valence-corrected chi connectivity index (χ4v) is 4.37. The molecule has 0 aromatic heterocycles. The first-order chi connectivity index (χ1) is 10.7. The lowest BCUT2D eigenvalue weighted by atomic mass is 9.79. The molecule has 2 N–H and O–H groups in total. The largest absolute Gasteiger partial charge is 0.353 e. The summed E-state index contributed by atoms with van der Waals surface area (Å²) in [5.41, 5.74) is 0.112. The first kappa shape index (κ1) is 18.2. The van der Waals surface area contributed by atoms with Crippen LogP contribution in [0, 0.1) is 17.2 Å². The van der Waals surface area contributed by atoms with Gasteiger partial charge in [-0.1, -0.05) is 0 Å². The zero-order chi connectivity index (χ0) is 17.1. The molecule has 5 nitrogen and oxygen atoms in total. The van der Waals surface area contributed by atoms with Gasteiger partial charge in [-0.2, -0.15) is 5.26 Å². The molecule has 5 heteroatoms. The van der Waals surface area contributed by atoms with E-state index in [0.29, 0.717) is 6.42 Å². The van der Waals surface area contributed by atoms with E-state index < -0.39 is 0 Å². The van der Waals surface area contributed by atoms with E-state index in [-0.39, 0.29) is 28.9 Å². The van der Waals surface area contributed by atoms with E-state index >= 15 is 0 Å². The van der Waals surface area contributed by atoms with E-state index in [0.717, 1.165) is 45.3 Å². The first-order valence-electron chi connectivity index (χ1n) is 8.90. The predicted molar refractivity (Wildman–Crippen MR) is 91.9 cm³/mol. The van der Waals surface area contributed by atoms with Crippen molar-refractivity contribution in [3.05, 3.63) is 0 Å². The van der Waals surface area contributed by atoms with Crippen molar-refractivity contribution in [2.45, 2.75) is 76.9 Å². The molecule has 2 rings (SSSR count). The molecule has 2 heterocycles. The number of piperidine rings is 2. The molecule has 2 aliphatic rings. The number of nitrogens with one attached hydrogen (secondary N) is 2. The van der Waals surface area contributed by atoms with Crippen molar-refractivity contribution in [1.82, 2.24) is 15.5 Å². The van der Waals surface area contributed by atoms with E-state index in [9.17, 15) is 4.79 Å². The molecule has 0 aliphatic carbocycles. The van der Waals surface area contributed by atoms with E-state index in [1.54, 1.807) is 0 Å². The third-order valence-electron chi connectivity index (χ3n) is 5.03. The highest BCUT2D eigenvalue weighted by Crippen LogP contribution is 2.29. The van der Waals surface area contributed by atoms with Gasteiger partial charge in [-0.05, 0) is 66.5 Å². The second-order valence-corrected chi connectivity index (χ2v) is 8.53. The molecule has 0 aromatic rings. The van der Waals surface area contributed by atoms with Crippen LogP contribution in [0.4, 0.5) is 0 Å². The predicted octanol–water partition coefficient (Wildman–Crippen LogP) is 2.04. The number of nitrogens with zero attached hydrogens (tertiary/aromatic N) is 2.